The van der Waals surface area contributed by atoms with Gasteiger partial charge < -0.3 is 25.0 Å². The van der Waals surface area contributed by atoms with Crippen molar-refractivity contribution in [3.8, 4) is 5.75 Å². The summed E-state index contributed by atoms with van der Waals surface area (Å²) in [6.07, 6.45) is 0.949. The van der Waals surface area contributed by atoms with Crippen molar-refractivity contribution < 1.29 is 18.3 Å². The predicted octanol–water partition coefficient (Wildman–Crippen LogP) is 4.75. The van der Waals surface area contributed by atoms with Crippen molar-refractivity contribution >= 4 is 34.7 Å². The molecule has 0 bridgehead atoms. The van der Waals surface area contributed by atoms with Crippen LogP contribution in [-0.2, 0) is 24.3 Å². The van der Waals surface area contributed by atoms with Crippen molar-refractivity contribution in [1.82, 2.24) is 20.1 Å². The molecule has 0 radical (unpaired) electrons. The molecule has 0 aliphatic carbocycles. The van der Waals surface area contributed by atoms with Gasteiger partial charge in [-0.3, -0.25) is 0 Å². The van der Waals surface area contributed by atoms with Crippen molar-refractivity contribution in [1.29, 1.82) is 0 Å². The van der Waals surface area contributed by atoms with Crippen molar-refractivity contribution in [2.75, 3.05) is 31.3 Å². The van der Waals surface area contributed by atoms with Gasteiger partial charge in [0.05, 0.1) is 19.4 Å². The Morgan fingerprint density at radius 1 is 1.12 bits per heavy atom. The number of likely N-dealkylation sites (N-methyl/N-ethyl adjacent to an activating group) is 1. The third kappa shape index (κ3) is 5.65. The van der Waals surface area contributed by atoms with E-state index in [4.69, 9.17) is 16.3 Å². The minimum Gasteiger partial charge on any atom is -0.495 e. The predicted molar refractivity (Wildman–Crippen MR) is 122 cm³/mol. The smallest absolute Gasteiger partial charge is 0.345 e. The van der Waals surface area contributed by atoms with Crippen molar-refractivity contribution in [3.05, 3.63) is 58.2 Å². The largest absolute Gasteiger partial charge is 0.495 e. The molecule has 3 aromatic rings. The molecular formula is C22H23ClF2N6O2. The maximum Gasteiger partial charge on any atom is 0.345 e. The molecule has 0 saturated carbocycles. The number of rotatable bonds is 8. The second-order valence-corrected chi connectivity index (χ2v) is 7.92. The van der Waals surface area contributed by atoms with Crippen LogP contribution in [0.5, 0.6) is 5.75 Å². The van der Waals surface area contributed by atoms with Crippen LogP contribution < -0.4 is 15.4 Å². The molecule has 0 unspecified atom stereocenters. The third-order valence-corrected chi connectivity index (χ3v) is 5.51. The standard InChI is InChI=1S/C22H23ClF2N6O2/c1-31-8-7-13-10-18(32-2)17(9-15(13)11-31)27-22-28-20(19(23)29-30-22)26-16-6-4-3-5-14(16)12-33-21(24)25/h3-6,9-10,21H,7-8,11-12H2,1-2H3,(H2,26,27,28,30). The van der Waals surface area contributed by atoms with E-state index in [1.165, 1.54) is 11.1 Å². The summed E-state index contributed by atoms with van der Waals surface area (Å²) in [5.74, 6) is 1.09. The number of benzene rings is 2. The van der Waals surface area contributed by atoms with Crippen molar-refractivity contribution in [2.45, 2.75) is 26.2 Å². The Bertz CT molecular complexity index is 1130. The number of ether oxygens (including phenoxy) is 2. The SMILES string of the molecule is COc1cc2c(cc1Nc1nnc(Cl)c(Nc3ccccc3COC(F)F)n1)CN(C)CC2. The van der Waals surface area contributed by atoms with Gasteiger partial charge in [-0.1, -0.05) is 29.8 Å². The topological polar surface area (TPSA) is 84.4 Å². The molecule has 2 N–H and O–H groups in total. The van der Waals surface area contributed by atoms with E-state index in [1.807, 2.05) is 12.1 Å². The van der Waals surface area contributed by atoms with E-state index in [-0.39, 0.29) is 23.5 Å². The molecule has 4 rings (SSSR count). The highest BCUT2D eigenvalue weighted by Gasteiger charge is 2.18. The number of methoxy groups -OCH3 is 1. The van der Waals surface area contributed by atoms with E-state index in [0.29, 0.717) is 22.7 Å². The molecular weight excluding hydrogens is 454 g/mol. The molecule has 0 atom stereocenters. The Morgan fingerprint density at radius 2 is 1.94 bits per heavy atom. The summed E-state index contributed by atoms with van der Waals surface area (Å²) in [7, 11) is 3.68. The number of aromatic nitrogens is 3. The highest BCUT2D eigenvalue weighted by molar-refractivity contribution is 6.31. The van der Waals surface area contributed by atoms with E-state index in [0.717, 1.165) is 19.5 Å². The first-order valence-electron chi connectivity index (χ1n) is 10.2. The van der Waals surface area contributed by atoms with Gasteiger partial charge >= 0.3 is 6.61 Å². The van der Waals surface area contributed by atoms with Gasteiger partial charge in [0.2, 0.25) is 5.95 Å². The van der Waals surface area contributed by atoms with Gasteiger partial charge in [0.15, 0.2) is 11.0 Å². The quantitative estimate of drug-likeness (QED) is 0.482. The van der Waals surface area contributed by atoms with Crippen LogP contribution in [-0.4, -0.2) is 47.4 Å². The molecule has 1 aromatic heterocycles. The van der Waals surface area contributed by atoms with Gasteiger partial charge in [-0.05, 0) is 42.8 Å². The van der Waals surface area contributed by atoms with Crippen LogP contribution in [0.3, 0.4) is 0 Å². The maximum absolute atomic E-state index is 12.5. The van der Waals surface area contributed by atoms with Gasteiger partial charge in [-0.15, -0.1) is 10.2 Å². The summed E-state index contributed by atoms with van der Waals surface area (Å²) in [6, 6.07) is 10.9. The van der Waals surface area contributed by atoms with E-state index in [9.17, 15) is 8.78 Å². The average molecular weight is 477 g/mol. The molecule has 0 spiro atoms. The van der Waals surface area contributed by atoms with Crippen LogP contribution in [0.2, 0.25) is 5.15 Å². The number of nitrogens with zero attached hydrogens (tertiary/aromatic N) is 4. The first kappa shape index (κ1) is 23.1. The number of hydrogen-bond donors (Lipinski definition) is 2. The Kier molecular flexibility index (Phi) is 7.17. The van der Waals surface area contributed by atoms with Crippen LogP contribution in [0.15, 0.2) is 36.4 Å². The van der Waals surface area contributed by atoms with Gasteiger partial charge in [-0.25, -0.2) is 0 Å². The third-order valence-electron chi connectivity index (χ3n) is 5.25. The maximum atomic E-state index is 12.5. The molecule has 33 heavy (non-hydrogen) atoms. The minimum absolute atomic E-state index is 0.0316. The van der Waals surface area contributed by atoms with Crippen LogP contribution in [0.1, 0.15) is 16.7 Å². The summed E-state index contributed by atoms with van der Waals surface area (Å²) in [6.45, 7) is -1.32. The second-order valence-electron chi connectivity index (χ2n) is 7.56. The Hall–Kier alpha value is -3.08. The highest BCUT2D eigenvalue weighted by Crippen LogP contribution is 2.33. The number of halogens is 3. The van der Waals surface area contributed by atoms with Crippen LogP contribution in [0.4, 0.5) is 31.9 Å². The molecule has 11 heteroatoms. The van der Waals surface area contributed by atoms with E-state index < -0.39 is 6.61 Å². The average Bonchev–Trinajstić information content (AvgIpc) is 2.80. The van der Waals surface area contributed by atoms with E-state index >= 15 is 0 Å². The number of alkyl halides is 2. The lowest BCUT2D eigenvalue weighted by Gasteiger charge is -2.26. The fourth-order valence-corrected chi connectivity index (χ4v) is 3.74. The van der Waals surface area contributed by atoms with Gasteiger partial charge in [-0.2, -0.15) is 13.8 Å². The van der Waals surface area contributed by atoms with Crippen molar-refractivity contribution in [2.24, 2.45) is 0 Å². The van der Waals surface area contributed by atoms with Gasteiger partial charge in [0.25, 0.3) is 0 Å². The molecule has 1 aliphatic rings. The van der Waals surface area contributed by atoms with Crippen LogP contribution in [0, 0.1) is 0 Å². The van der Waals surface area contributed by atoms with Gasteiger partial charge in [0.1, 0.15) is 5.75 Å². The monoisotopic (exact) mass is 476 g/mol. The Labute approximate surface area is 194 Å². The zero-order valence-electron chi connectivity index (χ0n) is 18.1. The molecule has 174 valence electrons. The fraction of sp³-hybridized carbons (Fsp3) is 0.318. The number of nitrogens with one attached hydrogen (secondary N) is 2. The number of para-hydroxylation sites is 1. The molecule has 0 fully saturated rings. The summed E-state index contributed by atoms with van der Waals surface area (Å²) in [4.78, 5) is 6.67. The lowest BCUT2D eigenvalue weighted by Crippen LogP contribution is -2.26. The Morgan fingerprint density at radius 3 is 2.73 bits per heavy atom. The van der Waals surface area contributed by atoms with Gasteiger partial charge in [0, 0.05) is 24.3 Å². The van der Waals surface area contributed by atoms with Crippen LogP contribution in [0.25, 0.3) is 0 Å². The van der Waals surface area contributed by atoms with Crippen molar-refractivity contribution in [3.63, 3.8) is 0 Å². The summed E-state index contributed by atoms with van der Waals surface area (Å²) in [5, 5.41) is 14.2. The van der Waals surface area contributed by atoms with Crippen LogP contribution >= 0.6 is 11.6 Å². The summed E-state index contributed by atoms with van der Waals surface area (Å²) in [5.41, 5.74) is 4.17. The molecule has 0 saturated heterocycles. The van der Waals surface area contributed by atoms with E-state index in [2.05, 4.69) is 42.5 Å². The molecule has 0 amide bonds. The number of fused-ring (bicyclic) bond motifs is 1. The fourth-order valence-electron chi connectivity index (χ4n) is 3.61. The normalized spacial score (nSPS) is 13.6. The first-order valence-corrected chi connectivity index (χ1v) is 10.6. The first-order chi connectivity index (χ1) is 15.9. The lowest BCUT2D eigenvalue weighted by molar-refractivity contribution is -0.137. The summed E-state index contributed by atoms with van der Waals surface area (Å²) < 4.78 is 34.9. The zero-order chi connectivity index (χ0) is 23.4. The molecule has 2 heterocycles. The summed E-state index contributed by atoms with van der Waals surface area (Å²) >= 11 is 6.19. The highest BCUT2D eigenvalue weighted by atomic mass is 35.5. The second kappa shape index (κ2) is 10.2. The molecule has 8 nitrogen and oxygen atoms in total. The minimum atomic E-state index is -2.87. The number of hydrogen-bond acceptors (Lipinski definition) is 8. The van der Waals surface area contributed by atoms with E-state index in [1.54, 1.807) is 31.4 Å². The zero-order valence-corrected chi connectivity index (χ0v) is 18.9. The lowest BCUT2D eigenvalue weighted by atomic mass is 9.99. The molecule has 1 aliphatic heterocycles. The number of anilines is 4. The molecule has 2 aromatic carbocycles. The Balaban J connectivity index is 1.58.